The molecule has 0 spiro atoms. The zero-order valence-corrected chi connectivity index (χ0v) is 14.2. The highest BCUT2D eigenvalue weighted by Gasteiger charge is 2.15. The quantitative estimate of drug-likeness (QED) is 0.884. The molecule has 0 fully saturated rings. The lowest BCUT2D eigenvalue weighted by Crippen LogP contribution is -2.26. The summed E-state index contributed by atoms with van der Waals surface area (Å²) >= 11 is 0. The second kappa shape index (κ2) is 6.78. The number of rotatable bonds is 5. The largest absolute Gasteiger partial charge is 0.482 e. The standard InChI is InChI=1S/C18H22N4O2/c1-12(2)22(3)17-7-4-13(10-20-17)9-19-14-5-6-15-16(8-14)24-11-18(23)21-15/h4-8,10,12,19H,9,11H2,1-3H3,(H,21,23). The number of anilines is 3. The van der Waals surface area contributed by atoms with Crippen LogP contribution >= 0.6 is 0 Å². The minimum absolute atomic E-state index is 0.0607. The zero-order chi connectivity index (χ0) is 17.1. The van der Waals surface area contributed by atoms with Crippen LogP contribution in [0, 0.1) is 0 Å². The molecule has 126 valence electrons. The van der Waals surface area contributed by atoms with Crippen LogP contribution in [0.4, 0.5) is 17.2 Å². The molecular weight excluding hydrogens is 304 g/mol. The van der Waals surface area contributed by atoms with Crippen molar-refractivity contribution < 1.29 is 9.53 Å². The van der Waals surface area contributed by atoms with Crippen LogP contribution in [0.5, 0.6) is 5.75 Å². The summed E-state index contributed by atoms with van der Waals surface area (Å²) in [6.45, 7) is 5.00. The highest BCUT2D eigenvalue weighted by atomic mass is 16.5. The molecule has 2 aromatic rings. The van der Waals surface area contributed by atoms with Crippen molar-refractivity contribution in [1.29, 1.82) is 0 Å². The van der Waals surface area contributed by atoms with Crippen molar-refractivity contribution in [2.75, 3.05) is 29.2 Å². The van der Waals surface area contributed by atoms with Crippen molar-refractivity contribution in [3.63, 3.8) is 0 Å². The van der Waals surface area contributed by atoms with Crippen LogP contribution < -0.4 is 20.3 Å². The predicted molar refractivity (Wildman–Crippen MR) is 95.7 cm³/mol. The van der Waals surface area contributed by atoms with Crippen LogP contribution in [0.2, 0.25) is 0 Å². The van der Waals surface area contributed by atoms with Crippen LogP contribution in [0.15, 0.2) is 36.5 Å². The van der Waals surface area contributed by atoms with Gasteiger partial charge in [-0.3, -0.25) is 4.79 Å². The van der Waals surface area contributed by atoms with E-state index < -0.39 is 0 Å². The summed E-state index contributed by atoms with van der Waals surface area (Å²) in [7, 11) is 2.04. The van der Waals surface area contributed by atoms with Gasteiger partial charge in [-0.25, -0.2) is 4.98 Å². The van der Waals surface area contributed by atoms with Gasteiger partial charge >= 0.3 is 0 Å². The van der Waals surface area contributed by atoms with Gasteiger partial charge in [-0.1, -0.05) is 6.07 Å². The maximum atomic E-state index is 11.3. The molecular formula is C18H22N4O2. The first-order chi connectivity index (χ1) is 11.5. The zero-order valence-electron chi connectivity index (χ0n) is 14.2. The SMILES string of the molecule is CC(C)N(C)c1ccc(CNc2ccc3c(c2)OCC(=O)N3)cn1. The molecule has 1 amide bonds. The number of hydrogen-bond acceptors (Lipinski definition) is 5. The first kappa shape index (κ1) is 16.1. The van der Waals surface area contributed by atoms with E-state index in [0.717, 1.165) is 17.1 Å². The Balaban J connectivity index is 1.63. The Morgan fingerprint density at radius 1 is 1.33 bits per heavy atom. The second-order valence-corrected chi connectivity index (χ2v) is 6.13. The van der Waals surface area contributed by atoms with Gasteiger partial charge in [0.25, 0.3) is 5.91 Å². The molecule has 0 unspecified atom stereocenters. The van der Waals surface area contributed by atoms with Crippen molar-refractivity contribution in [2.24, 2.45) is 0 Å². The molecule has 1 aromatic heterocycles. The predicted octanol–water partition coefficient (Wildman–Crippen LogP) is 2.87. The summed E-state index contributed by atoms with van der Waals surface area (Å²) in [6, 6.07) is 10.2. The van der Waals surface area contributed by atoms with Gasteiger partial charge in [0.15, 0.2) is 6.61 Å². The number of nitrogens with zero attached hydrogens (tertiary/aromatic N) is 2. The molecule has 0 aliphatic carbocycles. The average molecular weight is 326 g/mol. The number of aromatic nitrogens is 1. The fraction of sp³-hybridized carbons (Fsp3) is 0.333. The number of hydrogen-bond donors (Lipinski definition) is 2. The molecule has 0 atom stereocenters. The molecule has 0 radical (unpaired) electrons. The van der Waals surface area contributed by atoms with Crippen molar-refractivity contribution >= 4 is 23.1 Å². The third-order valence-electron chi connectivity index (χ3n) is 4.06. The lowest BCUT2D eigenvalue weighted by molar-refractivity contribution is -0.118. The van der Waals surface area contributed by atoms with Crippen molar-refractivity contribution in [3.05, 3.63) is 42.1 Å². The normalized spacial score (nSPS) is 13.1. The molecule has 1 aromatic carbocycles. The number of carbonyl (C=O) groups is 1. The monoisotopic (exact) mass is 326 g/mol. The van der Waals surface area contributed by atoms with Crippen LogP contribution in [0.3, 0.4) is 0 Å². The van der Waals surface area contributed by atoms with E-state index in [1.807, 2.05) is 37.5 Å². The van der Waals surface area contributed by atoms with E-state index in [2.05, 4.69) is 40.4 Å². The Hall–Kier alpha value is -2.76. The summed E-state index contributed by atoms with van der Waals surface area (Å²) in [6.07, 6.45) is 1.89. The molecule has 24 heavy (non-hydrogen) atoms. The minimum atomic E-state index is -0.124. The highest BCUT2D eigenvalue weighted by Crippen LogP contribution is 2.30. The summed E-state index contributed by atoms with van der Waals surface area (Å²) < 4.78 is 5.42. The van der Waals surface area contributed by atoms with Crippen molar-refractivity contribution in [3.8, 4) is 5.75 Å². The van der Waals surface area contributed by atoms with E-state index in [-0.39, 0.29) is 12.5 Å². The fourth-order valence-corrected chi connectivity index (χ4v) is 2.38. The van der Waals surface area contributed by atoms with Gasteiger partial charge < -0.3 is 20.3 Å². The molecule has 1 aliphatic rings. The molecule has 3 rings (SSSR count). The van der Waals surface area contributed by atoms with Crippen molar-refractivity contribution in [2.45, 2.75) is 26.4 Å². The van der Waals surface area contributed by atoms with Gasteiger partial charge in [-0.15, -0.1) is 0 Å². The van der Waals surface area contributed by atoms with E-state index >= 15 is 0 Å². The fourth-order valence-electron chi connectivity index (χ4n) is 2.38. The number of benzene rings is 1. The van der Waals surface area contributed by atoms with E-state index in [9.17, 15) is 4.79 Å². The summed E-state index contributed by atoms with van der Waals surface area (Å²) in [5.74, 6) is 1.53. The lowest BCUT2D eigenvalue weighted by atomic mass is 10.2. The first-order valence-corrected chi connectivity index (χ1v) is 8.01. The summed E-state index contributed by atoms with van der Waals surface area (Å²) in [4.78, 5) is 17.9. The number of ether oxygens (including phenoxy) is 1. The number of fused-ring (bicyclic) bond motifs is 1. The molecule has 2 N–H and O–H groups in total. The Kier molecular flexibility index (Phi) is 4.55. The van der Waals surface area contributed by atoms with E-state index in [1.165, 1.54) is 0 Å². The van der Waals surface area contributed by atoms with Crippen LogP contribution in [-0.2, 0) is 11.3 Å². The van der Waals surface area contributed by atoms with Gasteiger partial charge in [-0.05, 0) is 37.6 Å². The minimum Gasteiger partial charge on any atom is -0.482 e. The highest BCUT2D eigenvalue weighted by molar-refractivity contribution is 5.95. The number of carbonyl (C=O) groups excluding carboxylic acids is 1. The Morgan fingerprint density at radius 3 is 2.88 bits per heavy atom. The smallest absolute Gasteiger partial charge is 0.262 e. The van der Waals surface area contributed by atoms with Crippen LogP contribution in [0.25, 0.3) is 0 Å². The van der Waals surface area contributed by atoms with Gasteiger partial charge in [0, 0.05) is 37.6 Å². The maximum Gasteiger partial charge on any atom is 0.262 e. The third-order valence-corrected chi connectivity index (χ3v) is 4.06. The second-order valence-electron chi connectivity index (χ2n) is 6.13. The van der Waals surface area contributed by atoms with E-state index in [0.29, 0.717) is 24.0 Å². The van der Waals surface area contributed by atoms with Crippen LogP contribution in [0.1, 0.15) is 19.4 Å². The Labute approximate surface area is 141 Å². The van der Waals surface area contributed by atoms with Gasteiger partial charge in [-0.2, -0.15) is 0 Å². The van der Waals surface area contributed by atoms with Gasteiger partial charge in [0.2, 0.25) is 0 Å². The summed E-state index contributed by atoms with van der Waals surface area (Å²) in [5, 5.41) is 6.13. The maximum absolute atomic E-state index is 11.3. The molecule has 6 heteroatoms. The van der Waals surface area contributed by atoms with Crippen LogP contribution in [-0.4, -0.2) is 30.6 Å². The molecule has 0 bridgehead atoms. The molecule has 2 heterocycles. The molecule has 1 aliphatic heterocycles. The molecule has 6 nitrogen and oxygen atoms in total. The van der Waals surface area contributed by atoms with Gasteiger partial charge in [0.05, 0.1) is 5.69 Å². The Morgan fingerprint density at radius 2 is 2.17 bits per heavy atom. The third kappa shape index (κ3) is 3.59. The average Bonchev–Trinajstić information content (AvgIpc) is 2.59. The summed E-state index contributed by atoms with van der Waals surface area (Å²) in [5.41, 5.74) is 2.75. The Bertz CT molecular complexity index is 728. The molecule has 0 saturated carbocycles. The van der Waals surface area contributed by atoms with Gasteiger partial charge in [0.1, 0.15) is 11.6 Å². The van der Waals surface area contributed by atoms with Crippen molar-refractivity contribution in [1.82, 2.24) is 4.98 Å². The number of pyridine rings is 1. The van der Waals surface area contributed by atoms with E-state index in [1.54, 1.807) is 0 Å². The first-order valence-electron chi connectivity index (χ1n) is 8.01. The number of nitrogens with one attached hydrogen (secondary N) is 2. The molecule has 0 saturated heterocycles. The number of amides is 1. The lowest BCUT2D eigenvalue weighted by Gasteiger charge is -2.22. The topological polar surface area (TPSA) is 66.5 Å². The van der Waals surface area contributed by atoms with E-state index in [4.69, 9.17) is 4.74 Å².